The Labute approximate surface area is 164 Å². The van der Waals surface area contributed by atoms with Gasteiger partial charge in [-0.05, 0) is 47.5 Å². The molecule has 0 aromatic heterocycles. The van der Waals surface area contributed by atoms with Crippen LogP contribution in [0.1, 0.15) is 11.1 Å². The summed E-state index contributed by atoms with van der Waals surface area (Å²) in [4.78, 5) is 12.7. The number of hydrogen-bond acceptors (Lipinski definition) is 2. The first-order valence-corrected chi connectivity index (χ1v) is 8.88. The first kappa shape index (κ1) is 19.1. The second-order valence-corrected chi connectivity index (χ2v) is 7.21. The fourth-order valence-electron chi connectivity index (χ4n) is 2.45. The van der Waals surface area contributed by atoms with Crippen molar-refractivity contribution in [2.24, 2.45) is 0 Å². The van der Waals surface area contributed by atoms with E-state index in [9.17, 15) is 4.79 Å². The van der Waals surface area contributed by atoms with Gasteiger partial charge in [0.25, 0.3) is 0 Å². The third-order valence-corrected chi connectivity index (χ3v) is 4.69. The van der Waals surface area contributed by atoms with Crippen LogP contribution in [0, 0.1) is 0 Å². The highest BCUT2D eigenvalue weighted by Gasteiger charge is 2.19. The highest BCUT2D eigenvalue weighted by molar-refractivity contribution is 9.10. The molecule has 0 atom stereocenters. The molecule has 2 aromatic rings. The van der Waals surface area contributed by atoms with Crippen molar-refractivity contribution in [3.63, 3.8) is 0 Å². The van der Waals surface area contributed by atoms with Gasteiger partial charge in [-0.1, -0.05) is 56.1 Å². The molecule has 0 spiro atoms. The van der Waals surface area contributed by atoms with Crippen molar-refractivity contribution in [1.29, 1.82) is 0 Å². The van der Waals surface area contributed by atoms with Crippen LogP contribution in [0.15, 0.2) is 68.6 Å². The van der Waals surface area contributed by atoms with E-state index in [4.69, 9.17) is 0 Å². The standard InChI is InChI=1S/C19H15Br2NO.ClH/c20-17-5-1-13(2-6-17)9-15-11-22-12-16(19(15)23)10-14-3-7-18(21)8-4-14;/h1-10,22H,11-12H2;1H/b15-9+,16-10+;. The third-order valence-electron chi connectivity index (χ3n) is 3.64. The molecule has 1 N–H and O–H groups in total. The van der Waals surface area contributed by atoms with E-state index >= 15 is 0 Å². The summed E-state index contributed by atoms with van der Waals surface area (Å²) in [5, 5.41) is 3.30. The van der Waals surface area contributed by atoms with Gasteiger partial charge in [-0.2, -0.15) is 0 Å². The molecule has 5 heteroatoms. The molecule has 124 valence electrons. The second-order valence-electron chi connectivity index (χ2n) is 5.37. The Kier molecular flexibility index (Phi) is 6.99. The van der Waals surface area contributed by atoms with Crippen molar-refractivity contribution in [1.82, 2.24) is 5.32 Å². The minimum atomic E-state index is 0. The fraction of sp³-hybridized carbons (Fsp3) is 0.105. The number of nitrogens with one attached hydrogen (secondary N) is 1. The topological polar surface area (TPSA) is 29.1 Å². The summed E-state index contributed by atoms with van der Waals surface area (Å²) in [6, 6.07) is 15.9. The maximum atomic E-state index is 12.7. The molecule has 0 aliphatic carbocycles. The van der Waals surface area contributed by atoms with Gasteiger partial charge in [0.1, 0.15) is 0 Å². The molecule has 3 rings (SSSR count). The van der Waals surface area contributed by atoms with Gasteiger partial charge in [-0.25, -0.2) is 0 Å². The van der Waals surface area contributed by atoms with E-state index in [0.717, 1.165) is 31.2 Å². The van der Waals surface area contributed by atoms with Crippen molar-refractivity contribution in [3.05, 3.63) is 79.7 Å². The number of carbonyl (C=O) groups is 1. The first-order chi connectivity index (χ1) is 11.1. The van der Waals surface area contributed by atoms with E-state index in [-0.39, 0.29) is 18.2 Å². The zero-order valence-corrected chi connectivity index (χ0v) is 16.7. The second kappa shape index (κ2) is 8.77. The van der Waals surface area contributed by atoms with E-state index in [1.165, 1.54) is 0 Å². The number of Topliss-reactive ketones (excluding diaryl/α,β-unsaturated/α-hetero) is 1. The van der Waals surface area contributed by atoms with Crippen LogP contribution in [-0.4, -0.2) is 18.9 Å². The Morgan fingerprint density at radius 2 is 1.12 bits per heavy atom. The van der Waals surface area contributed by atoms with Crippen molar-refractivity contribution in [3.8, 4) is 0 Å². The van der Waals surface area contributed by atoms with Gasteiger partial charge >= 0.3 is 0 Å². The van der Waals surface area contributed by atoms with Gasteiger partial charge in [0.05, 0.1) is 0 Å². The van der Waals surface area contributed by atoms with Crippen LogP contribution in [0.3, 0.4) is 0 Å². The van der Waals surface area contributed by atoms with Crippen LogP contribution in [0.4, 0.5) is 0 Å². The average molecular weight is 470 g/mol. The normalized spacial score (nSPS) is 17.8. The summed E-state index contributed by atoms with van der Waals surface area (Å²) < 4.78 is 2.06. The Morgan fingerprint density at radius 3 is 1.50 bits per heavy atom. The summed E-state index contributed by atoms with van der Waals surface area (Å²) in [7, 11) is 0. The van der Waals surface area contributed by atoms with E-state index in [1.807, 2.05) is 60.7 Å². The van der Waals surface area contributed by atoms with Crippen LogP contribution in [0.25, 0.3) is 12.2 Å². The minimum absolute atomic E-state index is 0. The zero-order valence-electron chi connectivity index (χ0n) is 12.8. The van der Waals surface area contributed by atoms with Crippen molar-refractivity contribution < 1.29 is 4.79 Å². The Morgan fingerprint density at radius 1 is 0.750 bits per heavy atom. The lowest BCUT2D eigenvalue weighted by Crippen LogP contribution is -2.32. The van der Waals surface area contributed by atoms with Gasteiger partial charge in [-0.15, -0.1) is 12.4 Å². The monoisotopic (exact) mass is 467 g/mol. The summed E-state index contributed by atoms with van der Waals surface area (Å²) >= 11 is 6.84. The SMILES string of the molecule is Cl.O=C1/C(=C/c2ccc(Br)cc2)CNC/C1=C\c1ccc(Br)cc1. The van der Waals surface area contributed by atoms with Crippen LogP contribution in [-0.2, 0) is 4.79 Å². The van der Waals surface area contributed by atoms with E-state index < -0.39 is 0 Å². The van der Waals surface area contributed by atoms with Crippen LogP contribution in [0.2, 0.25) is 0 Å². The van der Waals surface area contributed by atoms with Gasteiger partial charge in [-0.3, -0.25) is 4.79 Å². The number of halogens is 3. The lowest BCUT2D eigenvalue weighted by atomic mass is 9.96. The van der Waals surface area contributed by atoms with Crippen LogP contribution in [0.5, 0.6) is 0 Å². The maximum Gasteiger partial charge on any atom is 0.187 e. The molecule has 1 aliphatic rings. The molecule has 0 unspecified atom stereocenters. The smallest absolute Gasteiger partial charge is 0.187 e. The van der Waals surface area contributed by atoms with Crippen molar-refractivity contribution in [2.45, 2.75) is 0 Å². The molecule has 1 aliphatic heterocycles. The molecule has 2 aromatic carbocycles. The summed E-state index contributed by atoms with van der Waals surface area (Å²) in [5.74, 6) is 0.120. The quantitative estimate of drug-likeness (QED) is 0.607. The number of carbonyl (C=O) groups excluding carboxylic acids is 1. The molecular formula is C19H16Br2ClNO. The fourth-order valence-corrected chi connectivity index (χ4v) is 2.98. The van der Waals surface area contributed by atoms with Crippen LogP contribution < -0.4 is 5.32 Å². The molecular weight excluding hydrogens is 453 g/mol. The lowest BCUT2D eigenvalue weighted by Gasteiger charge is -2.18. The van der Waals surface area contributed by atoms with Gasteiger partial charge in [0, 0.05) is 33.2 Å². The molecule has 0 saturated carbocycles. The predicted octanol–water partition coefficient (Wildman–Crippen LogP) is 5.27. The molecule has 0 radical (unpaired) electrons. The Bertz CT molecular complexity index is 715. The number of rotatable bonds is 2. The molecule has 1 saturated heterocycles. The molecule has 0 bridgehead atoms. The summed E-state index contributed by atoms with van der Waals surface area (Å²) in [6.45, 7) is 1.21. The highest BCUT2D eigenvalue weighted by Crippen LogP contribution is 2.19. The number of ketones is 1. The van der Waals surface area contributed by atoms with Crippen molar-refractivity contribution in [2.75, 3.05) is 13.1 Å². The van der Waals surface area contributed by atoms with Gasteiger partial charge < -0.3 is 5.32 Å². The Hall–Kier alpha value is -1.20. The van der Waals surface area contributed by atoms with Gasteiger partial charge in [0.15, 0.2) is 5.78 Å². The molecule has 2 nitrogen and oxygen atoms in total. The third kappa shape index (κ3) is 4.90. The number of piperidine rings is 1. The van der Waals surface area contributed by atoms with E-state index in [2.05, 4.69) is 37.2 Å². The Balaban J connectivity index is 0.00000208. The van der Waals surface area contributed by atoms with E-state index in [0.29, 0.717) is 13.1 Å². The van der Waals surface area contributed by atoms with Crippen molar-refractivity contribution >= 4 is 62.2 Å². The summed E-state index contributed by atoms with van der Waals surface area (Å²) in [6.07, 6.45) is 3.91. The summed E-state index contributed by atoms with van der Waals surface area (Å²) in [5.41, 5.74) is 3.65. The number of hydrogen-bond donors (Lipinski definition) is 1. The lowest BCUT2D eigenvalue weighted by molar-refractivity contribution is -0.112. The molecule has 0 amide bonds. The zero-order chi connectivity index (χ0) is 16.2. The molecule has 24 heavy (non-hydrogen) atoms. The maximum absolute atomic E-state index is 12.7. The number of benzene rings is 2. The van der Waals surface area contributed by atoms with Gasteiger partial charge in [0.2, 0.25) is 0 Å². The molecule has 1 fully saturated rings. The molecule has 1 heterocycles. The first-order valence-electron chi connectivity index (χ1n) is 7.29. The predicted molar refractivity (Wildman–Crippen MR) is 109 cm³/mol. The largest absolute Gasteiger partial charge is 0.308 e. The minimum Gasteiger partial charge on any atom is -0.308 e. The van der Waals surface area contributed by atoms with E-state index in [1.54, 1.807) is 0 Å². The highest BCUT2D eigenvalue weighted by atomic mass is 79.9. The van der Waals surface area contributed by atoms with Crippen LogP contribution >= 0.6 is 44.3 Å². The average Bonchev–Trinajstić information content (AvgIpc) is 2.55.